The third kappa shape index (κ3) is 6.40. The standard InChI is InChI=1S/C54H42N2/c1-3-12-39(13-4-1)41-22-24-42(25-23-41)44-28-34-48(35-29-44)55(47-32-26-43(27-33-47)40-14-5-2-6-15-40)49-36-30-45(31-37-49)46-16-11-17-50(38-46)56-53-20-9-7-18-51(53)52-19-8-10-21-54(52)56/h1-34,36-37,46,48H,35,38H2. The fraction of sp³-hybridized carbons (Fsp3) is 0.0741. The van der Waals surface area contributed by atoms with E-state index in [-0.39, 0.29) is 12.0 Å². The van der Waals surface area contributed by atoms with Gasteiger partial charge in [0.2, 0.25) is 0 Å². The van der Waals surface area contributed by atoms with Crippen LogP contribution in [0.3, 0.4) is 0 Å². The van der Waals surface area contributed by atoms with Crippen molar-refractivity contribution in [2.75, 3.05) is 4.90 Å². The maximum atomic E-state index is 2.50. The second-order valence-electron chi connectivity index (χ2n) is 14.9. The highest BCUT2D eigenvalue weighted by Crippen LogP contribution is 2.40. The molecule has 0 N–H and O–H groups in total. The number of hydrogen-bond acceptors (Lipinski definition) is 1. The number of fused-ring (bicyclic) bond motifs is 3. The fourth-order valence-corrected chi connectivity index (χ4v) is 8.65. The molecule has 1 aromatic heterocycles. The summed E-state index contributed by atoms with van der Waals surface area (Å²) in [4.78, 5) is 2.50. The maximum absolute atomic E-state index is 2.50. The number of hydrogen-bond donors (Lipinski definition) is 0. The summed E-state index contributed by atoms with van der Waals surface area (Å²) in [5.74, 6) is 0.288. The summed E-state index contributed by atoms with van der Waals surface area (Å²) >= 11 is 0. The molecule has 0 fully saturated rings. The average molecular weight is 719 g/mol. The summed E-state index contributed by atoms with van der Waals surface area (Å²) < 4.78 is 2.46. The second kappa shape index (κ2) is 14.7. The Morgan fingerprint density at radius 3 is 1.54 bits per heavy atom. The molecular weight excluding hydrogens is 677 g/mol. The lowest BCUT2D eigenvalue weighted by atomic mass is 9.90. The molecule has 10 rings (SSSR count). The smallest absolute Gasteiger partial charge is 0.0560 e. The molecule has 0 amide bonds. The van der Waals surface area contributed by atoms with Gasteiger partial charge in [-0.15, -0.1) is 0 Å². The van der Waals surface area contributed by atoms with Crippen LogP contribution in [-0.2, 0) is 0 Å². The van der Waals surface area contributed by atoms with Crippen LogP contribution in [0.2, 0.25) is 0 Å². The Labute approximate surface area is 329 Å². The summed E-state index contributed by atoms with van der Waals surface area (Å²) in [6, 6.07) is 66.3. The van der Waals surface area contributed by atoms with Crippen molar-refractivity contribution in [2.24, 2.45) is 0 Å². The van der Waals surface area contributed by atoms with E-state index in [2.05, 4.69) is 228 Å². The first-order valence-corrected chi connectivity index (χ1v) is 19.7. The van der Waals surface area contributed by atoms with Crippen LogP contribution in [-0.4, -0.2) is 10.6 Å². The Bertz CT molecular complexity index is 2710. The van der Waals surface area contributed by atoms with Gasteiger partial charge in [0.15, 0.2) is 0 Å². The van der Waals surface area contributed by atoms with Gasteiger partial charge in [0.1, 0.15) is 0 Å². The van der Waals surface area contributed by atoms with Gasteiger partial charge in [-0.1, -0.05) is 176 Å². The molecule has 2 nitrogen and oxygen atoms in total. The zero-order valence-corrected chi connectivity index (χ0v) is 31.2. The molecule has 0 spiro atoms. The third-order valence-corrected chi connectivity index (χ3v) is 11.5. The molecular formula is C54H42N2. The van der Waals surface area contributed by atoms with Gasteiger partial charge < -0.3 is 9.47 Å². The van der Waals surface area contributed by atoms with E-state index in [0.717, 1.165) is 12.8 Å². The van der Waals surface area contributed by atoms with Gasteiger partial charge >= 0.3 is 0 Å². The Kier molecular flexibility index (Phi) is 8.85. The van der Waals surface area contributed by atoms with Crippen LogP contribution in [0.1, 0.15) is 29.9 Å². The van der Waals surface area contributed by atoms with E-state index in [4.69, 9.17) is 0 Å². The number of rotatable bonds is 8. The molecule has 268 valence electrons. The van der Waals surface area contributed by atoms with Gasteiger partial charge in [0.05, 0.1) is 17.1 Å². The van der Waals surface area contributed by atoms with Crippen LogP contribution in [0.25, 0.3) is 55.3 Å². The molecule has 2 heteroatoms. The van der Waals surface area contributed by atoms with Gasteiger partial charge in [0.25, 0.3) is 0 Å². The van der Waals surface area contributed by atoms with Gasteiger partial charge in [-0.25, -0.2) is 0 Å². The third-order valence-electron chi connectivity index (χ3n) is 11.5. The first-order valence-electron chi connectivity index (χ1n) is 19.7. The van der Waals surface area contributed by atoms with Crippen molar-refractivity contribution in [3.05, 3.63) is 230 Å². The predicted octanol–water partition coefficient (Wildman–Crippen LogP) is 14.3. The predicted molar refractivity (Wildman–Crippen MR) is 238 cm³/mol. The van der Waals surface area contributed by atoms with Crippen molar-refractivity contribution in [2.45, 2.75) is 24.8 Å². The van der Waals surface area contributed by atoms with Crippen molar-refractivity contribution < 1.29 is 0 Å². The molecule has 2 atom stereocenters. The lowest BCUT2D eigenvalue weighted by Gasteiger charge is -2.34. The average Bonchev–Trinajstić information content (AvgIpc) is 3.62. The largest absolute Gasteiger partial charge is 0.334 e. The summed E-state index contributed by atoms with van der Waals surface area (Å²) in [6.07, 6.45) is 15.8. The molecule has 0 aliphatic heterocycles. The normalized spacial score (nSPS) is 16.5. The minimum absolute atomic E-state index is 0.176. The van der Waals surface area contributed by atoms with E-state index in [1.54, 1.807) is 0 Å². The molecule has 0 saturated carbocycles. The summed E-state index contributed by atoms with van der Waals surface area (Å²) in [7, 11) is 0. The Hall–Kier alpha value is -6.90. The number of nitrogens with zero attached hydrogens (tertiary/aromatic N) is 2. The highest BCUT2D eigenvalue weighted by molar-refractivity contribution is 6.10. The first kappa shape index (κ1) is 33.7. The van der Waals surface area contributed by atoms with Crippen molar-refractivity contribution >= 4 is 44.5 Å². The zero-order chi connectivity index (χ0) is 37.3. The number of para-hydroxylation sites is 2. The molecule has 2 aliphatic rings. The van der Waals surface area contributed by atoms with Crippen molar-refractivity contribution in [1.29, 1.82) is 0 Å². The SMILES string of the molecule is C1=CC(c2ccc(N(c3ccc(-c4ccccc4)cc3)C3C=CC(c4ccc(-c5ccccc5)cc4)=CC3)cc2)CC(n2c3ccccc3c3ccccc32)=C1. The molecule has 56 heavy (non-hydrogen) atoms. The maximum Gasteiger partial charge on any atom is 0.0560 e. The van der Waals surface area contributed by atoms with Gasteiger partial charge in [-0.3, -0.25) is 0 Å². The van der Waals surface area contributed by atoms with E-state index in [1.807, 2.05) is 0 Å². The monoisotopic (exact) mass is 718 g/mol. The molecule has 8 aromatic rings. The quantitative estimate of drug-likeness (QED) is 0.152. The summed E-state index contributed by atoms with van der Waals surface area (Å²) in [5.41, 5.74) is 15.0. The molecule has 0 bridgehead atoms. The van der Waals surface area contributed by atoms with Gasteiger partial charge in [-0.2, -0.15) is 0 Å². The van der Waals surface area contributed by atoms with Crippen molar-refractivity contribution in [3.8, 4) is 22.3 Å². The topological polar surface area (TPSA) is 8.17 Å². The van der Waals surface area contributed by atoms with Crippen molar-refractivity contribution in [3.63, 3.8) is 0 Å². The van der Waals surface area contributed by atoms with E-state index < -0.39 is 0 Å². The van der Waals surface area contributed by atoms with Crippen LogP contribution < -0.4 is 4.90 Å². The highest BCUT2D eigenvalue weighted by atomic mass is 15.2. The number of allylic oxidation sites excluding steroid dienone is 6. The fourth-order valence-electron chi connectivity index (χ4n) is 8.65. The molecule has 2 unspecified atom stereocenters. The lowest BCUT2D eigenvalue weighted by Crippen LogP contribution is -2.30. The van der Waals surface area contributed by atoms with Gasteiger partial charge in [-0.05, 0) is 94.3 Å². The van der Waals surface area contributed by atoms with Crippen LogP contribution in [0, 0.1) is 0 Å². The van der Waals surface area contributed by atoms with E-state index in [9.17, 15) is 0 Å². The van der Waals surface area contributed by atoms with Crippen LogP contribution in [0.15, 0.2) is 218 Å². The van der Waals surface area contributed by atoms with E-state index in [0.29, 0.717) is 0 Å². The highest BCUT2D eigenvalue weighted by Gasteiger charge is 2.23. The number of anilines is 2. The van der Waals surface area contributed by atoms with Crippen molar-refractivity contribution in [1.82, 2.24) is 4.57 Å². The van der Waals surface area contributed by atoms with E-state index in [1.165, 1.54) is 77.8 Å². The van der Waals surface area contributed by atoms with Crippen LogP contribution >= 0.6 is 0 Å². The lowest BCUT2D eigenvalue weighted by molar-refractivity contribution is 0.785. The minimum atomic E-state index is 0.176. The number of aromatic nitrogens is 1. The van der Waals surface area contributed by atoms with Crippen LogP contribution in [0.5, 0.6) is 0 Å². The Morgan fingerprint density at radius 2 is 0.964 bits per heavy atom. The molecule has 1 heterocycles. The number of benzene rings is 7. The first-order chi connectivity index (χ1) is 27.8. The van der Waals surface area contributed by atoms with Crippen LogP contribution in [0.4, 0.5) is 11.4 Å². The molecule has 0 radical (unpaired) electrons. The summed E-state index contributed by atoms with van der Waals surface area (Å²) in [6.45, 7) is 0. The minimum Gasteiger partial charge on any atom is -0.334 e. The molecule has 7 aromatic carbocycles. The molecule has 2 aliphatic carbocycles. The Morgan fingerprint density at radius 1 is 0.464 bits per heavy atom. The molecule has 0 saturated heterocycles. The van der Waals surface area contributed by atoms with E-state index >= 15 is 0 Å². The zero-order valence-electron chi connectivity index (χ0n) is 31.2. The second-order valence-corrected chi connectivity index (χ2v) is 14.9. The summed E-state index contributed by atoms with van der Waals surface area (Å²) in [5, 5.41) is 2.60. The van der Waals surface area contributed by atoms with Gasteiger partial charge in [0, 0.05) is 33.8 Å². The Balaban J connectivity index is 0.933.